The zero-order valence-corrected chi connectivity index (χ0v) is 12.5. The number of hydrogen-bond acceptors (Lipinski definition) is 3. The Morgan fingerprint density at radius 1 is 1.43 bits per heavy atom. The van der Waals surface area contributed by atoms with Crippen LogP contribution >= 0.6 is 0 Å². The Hall–Kier alpha value is -1.85. The molecule has 1 aromatic rings. The first-order valence-electron chi connectivity index (χ1n) is 7.71. The van der Waals surface area contributed by atoms with E-state index in [1.165, 1.54) is 6.42 Å². The molecule has 3 N–H and O–H groups in total. The lowest BCUT2D eigenvalue weighted by Gasteiger charge is -2.30. The molecule has 0 aromatic carbocycles. The highest BCUT2D eigenvalue weighted by Gasteiger charge is 2.27. The average Bonchev–Trinajstić information content (AvgIpc) is 2.96. The summed E-state index contributed by atoms with van der Waals surface area (Å²) < 4.78 is 1.71. The highest BCUT2D eigenvalue weighted by molar-refractivity contribution is 5.94. The second kappa shape index (κ2) is 7.24. The maximum atomic E-state index is 12.3. The lowest BCUT2D eigenvalue weighted by Crippen LogP contribution is -2.43. The number of hydrogen-bond donors (Lipinski definition) is 2. The summed E-state index contributed by atoms with van der Waals surface area (Å²) in [5.41, 5.74) is 5.86. The zero-order chi connectivity index (χ0) is 15.2. The van der Waals surface area contributed by atoms with Gasteiger partial charge in [-0.2, -0.15) is 5.10 Å². The molecule has 0 radical (unpaired) electrons. The molecule has 6 heteroatoms. The fourth-order valence-corrected chi connectivity index (χ4v) is 2.99. The number of amides is 2. The van der Waals surface area contributed by atoms with Crippen LogP contribution in [0, 0.1) is 5.92 Å². The van der Waals surface area contributed by atoms with Crippen molar-refractivity contribution in [2.24, 2.45) is 11.7 Å². The normalized spacial score (nSPS) is 17.4. The highest BCUT2D eigenvalue weighted by Crippen LogP contribution is 2.27. The molecule has 1 aromatic heterocycles. The maximum absolute atomic E-state index is 12.3. The second-order valence-corrected chi connectivity index (χ2v) is 5.73. The predicted molar refractivity (Wildman–Crippen MR) is 79.5 cm³/mol. The van der Waals surface area contributed by atoms with E-state index in [-0.39, 0.29) is 24.3 Å². The summed E-state index contributed by atoms with van der Waals surface area (Å²) in [6, 6.07) is -0.166. The smallest absolute Gasteiger partial charge is 0.254 e. The Kier molecular flexibility index (Phi) is 5.36. The standard InChI is InChI=1S/C15H24N4O2/c1-2-19-10-12(9-17-19)15(21)18-13(8-14(16)20)11-6-4-3-5-7-11/h9-11,13H,2-8H2,1H3,(H2,16,20)(H,18,21). The van der Waals surface area contributed by atoms with Gasteiger partial charge >= 0.3 is 0 Å². The van der Waals surface area contributed by atoms with Crippen LogP contribution < -0.4 is 11.1 Å². The molecule has 0 spiro atoms. The lowest BCUT2D eigenvalue weighted by molar-refractivity contribution is -0.118. The van der Waals surface area contributed by atoms with Crippen LogP contribution in [0.1, 0.15) is 55.8 Å². The van der Waals surface area contributed by atoms with E-state index in [0.29, 0.717) is 11.5 Å². The molecule has 1 aliphatic rings. The Labute approximate surface area is 125 Å². The second-order valence-electron chi connectivity index (χ2n) is 5.73. The van der Waals surface area contributed by atoms with E-state index in [2.05, 4.69) is 10.4 Å². The van der Waals surface area contributed by atoms with Crippen molar-refractivity contribution in [3.8, 4) is 0 Å². The van der Waals surface area contributed by atoms with Crippen molar-refractivity contribution in [2.45, 2.75) is 58.0 Å². The molecule has 1 unspecified atom stereocenters. The number of rotatable bonds is 6. The summed E-state index contributed by atoms with van der Waals surface area (Å²) in [7, 11) is 0. The minimum atomic E-state index is -0.366. The summed E-state index contributed by atoms with van der Waals surface area (Å²) in [6.45, 7) is 2.69. The zero-order valence-electron chi connectivity index (χ0n) is 12.5. The van der Waals surface area contributed by atoms with Gasteiger partial charge in [0.15, 0.2) is 0 Å². The van der Waals surface area contributed by atoms with E-state index < -0.39 is 0 Å². The number of nitrogens with two attached hydrogens (primary N) is 1. The van der Waals surface area contributed by atoms with Gasteiger partial charge in [-0.15, -0.1) is 0 Å². The topological polar surface area (TPSA) is 90.0 Å². The number of carbonyl (C=O) groups excluding carboxylic acids is 2. The van der Waals surface area contributed by atoms with Gasteiger partial charge in [0.25, 0.3) is 5.91 Å². The molecular formula is C15H24N4O2. The van der Waals surface area contributed by atoms with Gasteiger partial charge in [-0.1, -0.05) is 19.3 Å². The maximum Gasteiger partial charge on any atom is 0.254 e. The largest absolute Gasteiger partial charge is 0.370 e. The van der Waals surface area contributed by atoms with Gasteiger partial charge in [-0.25, -0.2) is 0 Å². The van der Waals surface area contributed by atoms with E-state index in [0.717, 1.165) is 32.2 Å². The molecule has 1 saturated carbocycles. The molecule has 1 heterocycles. The first-order chi connectivity index (χ1) is 10.1. The third-order valence-corrected chi connectivity index (χ3v) is 4.18. The fourth-order valence-electron chi connectivity index (χ4n) is 2.99. The molecule has 0 saturated heterocycles. The van der Waals surface area contributed by atoms with Gasteiger partial charge in [0.05, 0.1) is 11.8 Å². The molecule has 0 aliphatic heterocycles. The molecule has 1 fully saturated rings. The number of primary amides is 1. The summed E-state index contributed by atoms with van der Waals surface area (Å²) in [4.78, 5) is 23.6. The summed E-state index contributed by atoms with van der Waals surface area (Å²) in [5, 5.41) is 7.08. The molecule has 21 heavy (non-hydrogen) atoms. The summed E-state index contributed by atoms with van der Waals surface area (Å²) in [5.74, 6) is -0.196. The van der Waals surface area contributed by atoms with Crippen molar-refractivity contribution in [2.75, 3.05) is 0 Å². The number of nitrogens with zero attached hydrogens (tertiary/aromatic N) is 2. The van der Waals surface area contributed by atoms with Crippen LogP contribution in [0.5, 0.6) is 0 Å². The lowest BCUT2D eigenvalue weighted by atomic mass is 9.82. The Morgan fingerprint density at radius 2 is 2.14 bits per heavy atom. The summed E-state index contributed by atoms with van der Waals surface area (Å²) >= 11 is 0. The van der Waals surface area contributed by atoms with Crippen molar-refractivity contribution in [3.63, 3.8) is 0 Å². The molecule has 116 valence electrons. The molecular weight excluding hydrogens is 268 g/mol. The molecule has 2 rings (SSSR count). The third-order valence-electron chi connectivity index (χ3n) is 4.18. The summed E-state index contributed by atoms with van der Waals surface area (Å²) in [6.07, 6.45) is 9.12. The van der Waals surface area contributed by atoms with Crippen molar-refractivity contribution >= 4 is 11.8 Å². The van der Waals surface area contributed by atoms with Crippen LogP contribution in [0.15, 0.2) is 12.4 Å². The monoisotopic (exact) mass is 292 g/mol. The van der Waals surface area contributed by atoms with Gasteiger partial charge in [-0.3, -0.25) is 14.3 Å². The van der Waals surface area contributed by atoms with Gasteiger partial charge in [0, 0.05) is 25.2 Å². The van der Waals surface area contributed by atoms with Gasteiger partial charge in [0.2, 0.25) is 5.91 Å². The van der Waals surface area contributed by atoms with Crippen LogP contribution in [0.4, 0.5) is 0 Å². The van der Waals surface area contributed by atoms with Crippen LogP contribution in [-0.4, -0.2) is 27.6 Å². The fraction of sp³-hybridized carbons (Fsp3) is 0.667. The van der Waals surface area contributed by atoms with E-state index in [1.807, 2.05) is 6.92 Å². The SMILES string of the molecule is CCn1cc(C(=O)NC(CC(N)=O)C2CCCCC2)cn1. The van der Waals surface area contributed by atoms with Gasteiger partial charge in [-0.05, 0) is 25.7 Å². The van der Waals surface area contributed by atoms with Gasteiger partial charge in [0.1, 0.15) is 0 Å². The van der Waals surface area contributed by atoms with Crippen molar-refractivity contribution in [3.05, 3.63) is 18.0 Å². The van der Waals surface area contributed by atoms with E-state index in [4.69, 9.17) is 5.73 Å². The first kappa shape index (κ1) is 15.5. The van der Waals surface area contributed by atoms with E-state index in [1.54, 1.807) is 17.1 Å². The molecule has 1 atom stereocenters. The molecule has 6 nitrogen and oxygen atoms in total. The molecule has 2 amide bonds. The van der Waals surface area contributed by atoms with Crippen molar-refractivity contribution < 1.29 is 9.59 Å². The van der Waals surface area contributed by atoms with Crippen LogP contribution in [0.3, 0.4) is 0 Å². The van der Waals surface area contributed by atoms with E-state index >= 15 is 0 Å². The van der Waals surface area contributed by atoms with Crippen LogP contribution in [-0.2, 0) is 11.3 Å². The third kappa shape index (κ3) is 4.31. The van der Waals surface area contributed by atoms with Crippen LogP contribution in [0.25, 0.3) is 0 Å². The first-order valence-corrected chi connectivity index (χ1v) is 7.71. The Bertz CT molecular complexity index is 492. The van der Waals surface area contributed by atoms with Crippen molar-refractivity contribution in [1.29, 1.82) is 0 Å². The average molecular weight is 292 g/mol. The highest BCUT2D eigenvalue weighted by atomic mass is 16.2. The molecule has 0 bridgehead atoms. The minimum absolute atomic E-state index is 0.166. The number of carbonyl (C=O) groups is 2. The molecule has 1 aliphatic carbocycles. The minimum Gasteiger partial charge on any atom is -0.370 e. The number of aromatic nitrogens is 2. The van der Waals surface area contributed by atoms with Crippen molar-refractivity contribution in [1.82, 2.24) is 15.1 Å². The Balaban J connectivity index is 2.02. The quantitative estimate of drug-likeness (QED) is 0.831. The number of aryl methyl sites for hydroxylation is 1. The van der Waals surface area contributed by atoms with Gasteiger partial charge < -0.3 is 11.1 Å². The Morgan fingerprint density at radius 3 is 2.71 bits per heavy atom. The van der Waals surface area contributed by atoms with Crippen LogP contribution in [0.2, 0.25) is 0 Å². The number of nitrogens with one attached hydrogen (secondary N) is 1. The van der Waals surface area contributed by atoms with E-state index in [9.17, 15) is 9.59 Å². The predicted octanol–water partition coefficient (Wildman–Crippen LogP) is 1.46.